The number of nitrogens with zero attached hydrogens (tertiary/aromatic N) is 4. The van der Waals surface area contributed by atoms with Gasteiger partial charge in [0, 0.05) is 18.0 Å². The second kappa shape index (κ2) is 9.34. The van der Waals surface area contributed by atoms with Crippen LogP contribution in [0.2, 0.25) is 10.0 Å². The Labute approximate surface area is 186 Å². The molecule has 0 spiro atoms. The van der Waals surface area contributed by atoms with E-state index in [-0.39, 0.29) is 11.7 Å². The highest BCUT2D eigenvalue weighted by atomic mass is 35.5. The third-order valence-electron chi connectivity index (χ3n) is 4.09. The van der Waals surface area contributed by atoms with Crippen LogP contribution >= 0.6 is 35.0 Å². The Morgan fingerprint density at radius 3 is 2.63 bits per heavy atom. The maximum Gasteiger partial charge on any atom is 0.234 e. The number of carbonyl (C=O) groups excluding carboxylic acids is 1. The fraction of sp³-hybridized carbons (Fsp3) is 0.100. The number of aromatic nitrogens is 4. The quantitative estimate of drug-likeness (QED) is 0.390. The van der Waals surface area contributed by atoms with E-state index in [1.54, 1.807) is 36.9 Å². The number of hydrogen-bond acceptors (Lipinski definition) is 6. The van der Waals surface area contributed by atoms with Gasteiger partial charge in [0.1, 0.15) is 5.76 Å². The fourth-order valence-electron chi connectivity index (χ4n) is 2.73. The van der Waals surface area contributed by atoms with Crippen molar-refractivity contribution < 1.29 is 9.21 Å². The zero-order valence-electron chi connectivity index (χ0n) is 15.5. The van der Waals surface area contributed by atoms with Crippen LogP contribution in [0.4, 0.5) is 5.69 Å². The Kier molecular flexibility index (Phi) is 6.37. The fourth-order valence-corrected chi connectivity index (χ4v) is 3.96. The minimum absolute atomic E-state index is 0.102. The van der Waals surface area contributed by atoms with Crippen LogP contribution in [0.3, 0.4) is 0 Å². The first kappa shape index (κ1) is 20.5. The molecule has 7 nitrogen and oxygen atoms in total. The number of halogens is 2. The van der Waals surface area contributed by atoms with Gasteiger partial charge in [0.05, 0.1) is 34.3 Å². The number of anilines is 1. The van der Waals surface area contributed by atoms with E-state index in [0.29, 0.717) is 33.3 Å². The molecule has 3 heterocycles. The van der Waals surface area contributed by atoms with Crippen LogP contribution in [0.15, 0.2) is 70.7 Å². The summed E-state index contributed by atoms with van der Waals surface area (Å²) in [6.07, 6.45) is 5.01. The molecule has 0 unspecified atom stereocenters. The average molecular weight is 460 g/mol. The van der Waals surface area contributed by atoms with Gasteiger partial charge >= 0.3 is 0 Å². The Morgan fingerprint density at radius 2 is 1.93 bits per heavy atom. The molecule has 0 aliphatic rings. The highest BCUT2D eigenvalue weighted by Gasteiger charge is 2.18. The summed E-state index contributed by atoms with van der Waals surface area (Å²) in [5, 5.41) is 12.6. The van der Waals surface area contributed by atoms with E-state index in [0.717, 1.165) is 11.3 Å². The summed E-state index contributed by atoms with van der Waals surface area (Å²) < 4.78 is 7.36. The normalized spacial score (nSPS) is 10.9. The first-order chi connectivity index (χ1) is 14.6. The van der Waals surface area contributed by atoms with Crippen LogP contribution in [0, 0.1) is 0 Å². The van der Waals surface area contributed by atoms with Crippen molar-refractivity contribution in [1.29, 1.82) is 0 Å². The van der Waals surface area contributed by atoms with Gasteiger partial charge in [-0.2, -0.15) is 0 Å². The second-order valence-electron chi connectivity index (χ2n) is 6.15. The molecule has 1 aromatic carbocycles. The number of pyridine rings is 1. The third-order valence-corrected chi connectivity index (χ3v) is 5.69. The van der Waals surface area contributed by atoms with Gasteiger partial charge in [-0.25, -0.2) is 0 Å². The van der Waals surface area contributed by atoms with Crippen molar-refractivity contribution in [3.8, 4) is 11.4 Å². The lowest BCUT2D eigenvalue weighted by Gasteiger charge is -2.10. The van der Waals surface area contributed by atoms with E-state index in [2.05, 4.69) is 20.5 Å². The highest BCUT2D eigenvalue weighted by Crippen LogP contribution is 2.30. The molecule has 0 saturated heterocycles. The molecule has 0 radical (unpaired) electrons. The molecule has 1 amide bonds. The van der Waals surface area contributed by atoms with Crippen LogP contribution in [-0.4, -0.2) is 31.4 Å². The molecule has 152 valence electrons. The standard InChI is InChI=1S/C20H15Cl2N5O2S/c21-15-6-1-7-16(22)18(15)24-17(28)12-30-20-26-25-19(13-4-2-8-23-10-13)27(20)11-14-5-3-9-29-14/h1-10H,11-12H2,(H,24,28). The minimum Gasteiger partial charge on any atom is -0.467 e. The van der Waals surface area contributed by atoms with Crippen molar-refractivity contribution in [3.63, 3.8) is 0 Å². The number of benzene rings is 1. The monoisotopic (exact) mass is 459 g/mol. The number of thioether (sulfide) groups is 1. The van der Waals surface area contributed by atoms with E-state index >= 15 is 0 Å². The first-order valence-electron chi connectivity index (χ1n) is 8.84. The molecule has 10 heteroatoms. The second-order valence-corrected chi connectivity index (χ2v) is 7.90. The predicted molar refractivity (Wildman–Crippen MR) is 117 cm³/mol. The maximum atomic E-state index is 12.5. The summed E-state index contributed by atoms with van der Waals surface area (Å²) in [5.41, 5.74) is 1.20. The van der Waals surface area contributed by atoms with Gasteiger partial charge in [0.2, 0.25) is 5.91 Å². The van der Waals surface area contributed by atoms with Gasteiger partial charge in [-0.3, -0.25) is 14.3 Å². The smallest absolute Gasteiger partial charge is 0.234 e. The molecule has 3 aromatic heterocycles. The number of furan rings is 1. The first-order valence-corrected chi connectivity index (χ1v) is 10.6. The van der Waals surface area contributed by atoms with Crippen molar-refractivity contribution in [2.75, 3.05) is 11.1 Å². The zero-order valence-corrected chi connectivity index (χ0v) is 17.8. The Bertz CT molecular complexity index is 1130. The van der Waals surface area contributed by atoms with Crippen molar-refractivity contribution in [2.45, 2.75) is 11.7 Å². The van der Waals surface area contributed by atoms with Gasteiger partial charge in [0.15, 0.2) is 11.0 Å². The summed E-state index contributed by atoms with van der Waals surface area (Å²) in [6, 6.07) is 12.5. The zero-order chi connectivity index (χ0) is 20.9. The summed E-state index contributed by atoms with van der Waals surface area (Å²) in [6.45, 7) is 0.421. The van der Waals surface area contributed by atoms with E-state index < -0.39 is 0 Å². The molecular formula is C20H15Cl2N5O2S. The number of nitrogens with one attached hydrogen (secondary N) is 1. The van der Waals surface area contributed by atoms with Gasteiger partial charge in [0.25, 0.3) is 0 Å². The third kappa shape index (κ3) is 4.67. The Hall–Kier alpha value is -2.81. The van der Waals surface area contributed by atoms with Crippen LogP contribution in [-0.2, 0) is 11.3 Å². The van der Waals surface area contributed by atoms with Crippen molar-refractivity contribution >= 4 is 46.6 Å². The van der Waals surface area contributed by atoms with Crippen LogP contribution in [0.25, 0.3) is 11.4 Å². The SMILES string of the molecule is O=C(CSc1nnc(-c2cccnc2)n1Cc1ccco1)Nc1c(Cl)cccc1Cl. The average Bonchev–Trinajstić information content (AvgIpc) is 3.40. The highest BCUT2D eigenvalue weighted by molar-refractivity contribution is 7.99. The van der Waals surface area contributed by atoms with Crippen molar-refractivity contribution in [3.05, 3.63) is 76.9 Å². The molecular weight excluding hydrogens is 445 g/mol. The van der Waals surface area contributed by atoms with Gasteiger partial charge in [-0.15, -0.1) is 10.2 Å². The van der Waals surface area contributed by atoms with Crippen molar-refractivity contribution in [1.82, 2.24) is 19.7 Å². The Morgan fingerprint density at radius 1 is 1.10 bits per heavy atom. The number of carbonyl (C=O) groups is 1. The lowest BCUT2D eigenvalue weighted by Crippen LogP contribution is -2.15. The van der Waals surface area contributed by atoms with E-state index in [9.17, 15) is 4.79 Å². The summed E-state index contributed by atoms with van der Waals surface area (Å²) in [7, 11) is 0. The number of rotatable bonds is 7. The molecule has 0 atom stereocenters. The molecule has 0 saturated carbocycles. The van der Waals surface area contributed by atoms with E-state index in [1.165, 1.54) is 11.8 Å². The van der Waals surface area contributed by atoms with E-state index in [4.69, 9.17) is 27.6 Å². The molecule has 0 aliphatic heterocycles. The van der Waals surface area contributed by atoms with E-state index in [1.807, 2.05) is 28.8 Å². The lowest BCUT2D eigenvalue weighted by molar-refractivity contribution is -0.113. The van der Waals surface area contributed by atoms with Crippen molar-refractivity contribution in [2.24, 2.45) is 0 Å². The molecule has 30 heavy (non-hydrogen) atoms. The van der Waals surface area contributed by atoms with Crippen LogP contribution in [0.1, 0.15) is 5.76 Å². The number of para-hydroxylation sites is 1. The minimum atomic E-state index is -0.259. The molecule has 4 rings (SSSR count). The van der Waals surface area contributed by atoms with Gasteiger partial charge < -0.3 is 9.73 Å². The lowest BCUT2D eigenvalue weighted by atomic mass is 10.2. The summed E-state index contributed by atoms with van der Waals surface area (Å²) in [5.74, 6) is 1.22. The van der Waals surface area contributed by atoms with Gasteiger partial charge in [-0.05, 0) is 36.4 Å². The topological polar surface area (TPSA) is 85.8 Å². The number of hydrogen-bond donors (Lipinski definition) is 1. The van der Waals surface area contributed by atoms with Crippen LogP contribution < -0.4 is 5.32 Å². The molecule has 0 fully saturated rings. The largest absolute Gasteiger partial charge is 0.467 e. The molecule has 4 aromatic rings. The number of amides is 1. The molecule has 1 N–H and O–H groups in total. The molecule has 0 aliphatic carbocycles. The predicted octanol–water partition coefficient (Wildman–Crippen LogP) is 5.02. The summed E-state index contributed by atoms with van der Waals surface area (Å²) >= 11 is 13.5. The summed E-state index contributed by atoms with van der Waals surface area (Å²) in [4.78, 5) is 16.6. The van der Waals surface area contributed by atoms with Crippen LogP contribution in [0.5, 0.6) is 0 Å². The van der Waals surface area contributed by atoms with Gasteiger partial charge in [-0.1, -0.05) is 41.0 Å². The Balaban J connectivity index is 1.53. The molecule has 0 bridgehead atoms. The maximum absolute atomic E-state index is 12.5.